The Hall–Kier alpha value is -2.89. The lowest BCUT2D eigenvalue weighted by molar-refractivity contribution is 0.313. The summed E-state index contributed by atoms with van der Waals surface area (Å²) < 4.78 is 20.1. The van der Waals surface area contributed by atoms with Gasteiger partial charge in [-0.2, -0.15) is 0 Å². The Morgan fingerprint density at radius 2 is 1.80 bits per heavy atom. The van der Waals surface area contributed by atoms with Crippen molar-refractivity contribution in [1.82, 2.24) is 5.32 Å². The van der Waals surface area contributed by atoms with E-state index in [-0.39, 0.29) is 17.6 Å². The first kappa shape index (κ1) is 20.4. The van der Waals surface area contributed by atoms with Crippen molar-refractivity contribution in [3.63, 3.8) is 0 Å². The number of hydrogen-bond acceptors (Lipinski definition) is 4. The SMILES string of the molecule is CCOc1cccc([C@@H]2CC(c3ccc(Cl)cc3)=N[C@H](c3ccccc3F)N2)c1O. The molecule has 2 atom stereocenters. The summed E-state index contributed by atoms with van der Waals surface area (Å²) in [7, 11) is 0. The number of hydrogen-bond donors (Lipinski definition) is 2. The molecule has 2 N–H and O–H groups in total. The van der Waals surface area contributed by atoms with Crippen LogP contribution in [0.15, 0.2) is 71.7 Å². The van der Waals surface area contributed by atoms with Gasteiger partial charge in [0.1, 0.15) is 12.0 Å². The van der Waals surface area contributed by atoms with E-state index in [0.29, 0.717) is 34.9 Å². The Morgan fingerprint density at radius 3 is 2.53 bits per heavy atom. The smallest absolute Gasteiger partial charge is 0.162 e. The molecule has 0 radical (unpaired) electrons. The molecular formula is C24H22ClFN2O2. The molecule has 0 aromatic heterocycles. The molecule has 1 aliphatic rings. The highest BCUT2D eigenvalue weighted by molar-refractivity contribution is 6.30. The predicted molar refractivity (Wildman–Crippen MR) is 117 cm³/mol. The number of para-hydroxylation sites is 1. The molecule has 1 heterocycles. The van der Waals surface area contributed by atoms with Gasteiger partial charge in [0.25, 0.3) is 0 Å². The van der Waals surface area contributed by atoms with Gasteiger partial charge in [0.2, 0.25) is 0 Å². The van der Waals surface area contributed by atoms with Gasteiger partial charge in [-0.3, -0.25) is 10.3 Å². The van der Waals surface area contributed by atoms with Gasteiger partial charge < -0.3 is 9.84 Å². The van der Waals surface area contributed by atoms with Crippen molar-refractivity contribution in [2.45, 2.75) is 25.6 Å². The number of benzene rings is 3. The van der Waals surface area contributed by atoms with Crippen LogP contribution in [0.4, 0.5) is 4.39 Å². The van der Waals surface area contributed by atoms with Gasteiger partial charge in [0.15, 0.2) is 11.5 Å². The minimum atomic E-state index is -0.592. The summed E-state index contributed by atoms with van der Waals surface area (Å²) >= 11 is 6.04. The third kappa shape index (κ3) is 4.18. The van der Waals surface area contributed by atoms with Gasteiger partial charge in [0.05, 0.1) is 6.61 Å². The van der Waals surface area contributed by atoms with Crippen molar-refractivity contribution in [2.75, 3.05) is 6.61 Å². The molecule has 1 aliphatic heterocycles. The lowest BCUT2D eigenvalue weighted by Crippen LogP contribution is -2.33. The lowest BCUT2D eigenvalue weighted by Gasteiger charge is -2.31. The van der Waals surface area contributed by atoms with Gasteiger partial charge in [-0.05, 0) is 36.8 Å². The van der Waals surface area contributed by atoms with E-state index < -0.39 is 6.17 Å². The van der Waals surface area contributed by atoms with Crippen molar-refractivity contribution in [2.24, 2.45) is 4.99 Å². The first-order valence-electron chi connectivity index (χ1n) is 9.84. The van der Waals surface area contributed by atoms with Crippen LogP contribution in [0, 0.1) is 5.82 Å². The molecule has 3 aromatic rings. The number of aromatic hydroxyl groups is 1. The summed E-state index contributed by atoms with van der Waals surface area (Å²) in [4.78, 5) is 4.79. The lowest BCUT2D eigenvalue weighted by atomic mass is 9.93. The molecule has 0 bridgehead atoms. The van der Waals surface area contributed by atoms with Crippen LogP contribution in [-0.4, -0.2) is 17.4 Å². The van der Waals surface area contributed by atoms with Crippen LogP contribution in [0.5, 0.6) is 11.5 Å². The molecule has 4 rings (SSSR count). The number of rotatable bonds is 5. The largest absolute Gasteiger partial charge is 0.504 e. The average molecular weight is 425 g/mol. The molecule has 0 unspecified atom stereocenters. The van der Waals surface area contributed by atoms with E-state index in [0.717, 1.165) is 11.3 Å². The van der Waals surface area contributed by atoms with E-state index in [1.165, 1.54) is 6.07 Å². The van der Waals surface area contributed by atoms with Crippen molar-refractivity contribution in [1.29, 1.82) is 0 Å². The number of aliphatic imine (C=N–C) groups is 1. The van der Waals surface area contributed by atoms with Crippen LogP contribution in [0.2, 0.25) is 5.02 Å². The van der Waals surface area contributed by atoms with Crippen molar-refractivity contribution in [3.8, 4) is 11.5 Å². The molecule has 0 aliphatic carbocycles. The molecule has 0 fully saturated rings. The fourth-order valence-electron chi connectivity index (χ4n) is 3.67. The minimum Gasteiger partial charge on any atom is -0.504 e. The summed E-state index contributed by atoms with van der Waals surface area (Å²) in [5, 5.41) is 14.8. The van der Waals surface area contributed by atoms with Gasteiger partial charge >= 0.3 is 0 Å². The van der Waals surface area contributed by atoms with Crippen LogP contribution in [-0.2, 0) is 0 Å². The highest BCUT2D eigenvalue weighted by atomic mass is 35.5. The molecule has 3 aromatic carbocycles. The zero-order valence-electron chi connectivity index (χ0n) is 16.5. The van der Waals surface area contributed by atoms with Crippen LogP contribution >= 0.6 is 11.6 Å². The van der Waals surface area contributed by atoms with Gasteiger partial charge in [-0.15, -0.1) is 0 Å². The third-order valence-electron chi connectivity index (χ3n) is 5.12. The molecule has 30 heavy (non-hydrogen) atoms. The molecule has 6 heteroatoms. The monoisotopic (exact) mass is 424 g/mol. The molecule has 0 spiro atoms. The van der Waals surface area contributed by atoms with E-state index in [1.54, 1.807) is 24.3 Å². The number of halogens is 2. The maximum Gasteiger partial charge on any atom is 0.162 e. The van der Waals surface area contributed by atoms with Crippen LogP contribution in [0.25, 0.3) is 0 Å². The minimum absolute atomic E-state index is 0.0847. The van der Waals surface area contributed by atoms with Crippen LogP contribution in [0.3, 0.4) is 0 Å². The number of nitrogens with zero attached hydrogens (tertiary/aromatic N) is 1. The second-order valence-electron chi connectivity index (χ2n) is 7.06. The van der Waals surface area contributed by atoms with E-state index >= 15 is 0 Å². The van der Waals surface area contributed by atoms with Crippen molar-refractivity contribution < 1.29 is 14.2 Å². The summed E-state index contributed by atoms with van der Waals surface area (Å²) in [5.41, 5.74) is 2.86. The Morgan fingerprint density at radius 1 is 1.07 bits per heavy atom. The normalized spacial score (nSPS) is 18.7. The average Bonchev–Trinajstić information content (AvgIpc) is 2.76. The van der Waals surface area contributed by atoms with E-state index in [9.17, 15) is 9.50 Å². The molecule has 154 valence electrons. The summed E-state index contributed by atoms with van der Waals surface area (Å²) in [6, 6.07) is 19.1. The van der Waals surface area contributed by atoms with E-state index in [1.807, 2.05) is 43.3 Å². The molecule has 0 amide bonds. The van der Waals surface area contributed by atoms with Crippen molar-refractivity contribution >= 4 is 17.3 Å². The summed E-state index contributed by atoms with van der Waals surface area (Å²) in [5.74, 6) is 0.179. The van der Waals surface area contributed by atoms with Gasteiger partial charge in [0, 0.05) is 34.3 Å². The molecule has 0 saturated carbocycles. The second-order valence-corrected chi connectivity index (χ2v) is 7.49. The van der Waals surface area contributed by atoms with E-state index in [2.05, 4.69) is 5.32 Å². The summed E-state index contributed by atoms with van der Waals surface area (Å²) in [6.45, 7) is 2.31. The summed E-state index contributed by atoms with van der Waals surface area (Å²) in [6.07, 6.45) is -0.0683. The molecule has 0 saturated heterocycles. The number of phenols is 1. The highest BCUT2D eigenvalue weighted by Crippen LogP contribution is 2.39. The maximum atomic E-state index is 14.5. The standard InChI is InChI=1S/C24H22ClFN2O2/c1-2-30-22-9-5-7-18(23(22)29)21-14-20(15-10-12-16(25)13-11-15)27-24(28-21)17-6-3-4-8-19(17)26/h3-13,21,24,28-29H,2,14H2,1H3/t21-,24-/m0/s1. The fraction of sp³-hybridized carbons (Fsp3) is 0.208. The number of nitrogens with one attached hydrogen (secondary N) is 1. The predicted octanol–water partition coefficient (Wildman–Crippen LogP) is 5.81. The Kier molecular flexibility index (Phi) is 6.02. The zero-order valence-corrected chi connectivity index (χ0v) is 17.2. The zero-order chi connectivity index (χ0) is 21.1. The van der Waals surface area contributed by atoms with Gasteiger partial charge in [-0.25, -0.2) is 4.39 Å². The van der Waals surface area contributed by atoms with Crippen LogP contribution in [0.1, 0.15) is 42.2 Å². The first-order chi connectivity index (χ1) is 14.6. The highest BCUT2D eigenvalue weighted by Gasteiger charge is 2.29. The van der Waals surface area contributed by atoms with Crippen molar-refractivity contribution in [3.05, 3.63) is 94.3 Å². The van der Waals surface area contributed by atoms with Gasteiger partial charge in [-0.1, -0.05) is 54.1 Å². The fourth-order valence-corrected chi connectivity index (χ4v) is 3.80. The number of ether oxygens (including phenoxy) is 1. The number of phenolic OH excluding ortho intramolecular Hbond substituents is 1. The Labute approximate surface area is 180 Å². The maximum absolute atomic E-state index is 14.5. The second kappa shape index (κ2) is 8.86. The molecule has 4 nitrogen and oxygen atoms in total. The first-order valence-corrected chi connectivity index (χ1v) is 10.2. The Bertz CT molecular complexity index is 1070. The Balaban J connectivity index is 1.77. The topological polar surface area (TPSA) is 53.8 Å². The molecular weight excluding hydrogens is 403 g/mol. The van der Waals surface area contributed by atoms with Crippen LogP contribution < -0.4 is 10.1 Å². The third-order valence-corrected chi connectivity index (χ3v) is 5.38. The van der Waals surface area contributed by atoms with E-state index in [4.69, 9.17) is 21.3 Å². The quantitative estimate of drug-likeness (QED) is 0.543.